The third-order valence-electron chi connectivity index (χ3n) is 2.16. The number of carbonyl (C=O) groups is 1. The molecule has 21 heavy (non-hydrogen) atoms. The van der Waals surface area contributed by atoms with Crippen molar-refractivity contribution in [3.63, 3.8) is 0 Å². The number of methoxy groups -OCH3 is 1. The van der Waals surface area contributed by atoms with E-state index in [1.165, 1.54) is 7.11 Å². The van der Waals surface area contributed by atoms with Gasteiger partial charge in [0.25, 0.3) is 0 Å². The molecular weight excluding hydrogens is 276 g/mol. The van der Waals surface area contributed by atoms with Crippen LogP contribution in [0.2, 0.25) is 0 Å². The lowest BCUT2D eigenvalue weighted by atomic mass is 10.1. The molecule has 6 heteroatoms. The predicted octanol–water partition coefficient (Wildman–Crippen LogP) is 3.54. The minimum Gasteiger partial charge on any atom is -0.469 e. The zero-order valence-corrected chi connectivity index (χ0v) is 14.6. The summed E-state index contributed by atoms with van der Waals surface area (Å²) in [6, 6.07) is 0. The van der Waals surface area contributed by atoms with Crippen LogP contribution in [0.4, 0.5) is 0 Å². The van der Waals surface area contributed by atoms with Crippen LogP contribution in [0.3, 0.4) is 0 Å². The average molecular weight is 306 g/mol. The second-order valence-electron chi connectivity index (χ2n) is 6.97. The van der Waals surface area contributed by atoms with Gasteiger partial charge in [0.2, 0.25) is 5.79 Å². The Kier molecular flexibility index (Phi) is 7.81. The van der Waals surface area contributed by atoms with Gasteiger partial charge in [-0.1, -0.05) is 13.3 Å². The average Bonchev–Trinajstić information content (AvgIpc) is 2.32. The maximum absolute atomic E-state index is 11.7. The molecule has 0 spiro atoms. The molecule has 0 aromatic carbocycles. The van der Waals surface area contributed by atoms with Crippen LogP contribution in [0.1, 0.15) is 67.7 Å². The highest BCUT2D eigenvalue weighted by Gasteiger charge is 2.40. The first-order chi connectivity index (χ1) is 9.43. The summed E-state index contributed by atoms with van der Waals surface area (Å²) in [6.07, 6.45) is 1.02. The Bertz CT molecular complexity index is 295. The van der Waals surface area contributed by atoms with Crippen LogP contribution in [-0.2, 0) is 29.1 Å². The molecule has 0 amide bonds. The number of ether oxygens (including phenoxy) is 1. The molecule has 0 atom stereocenters. The molecule has 0 aliphatic rings. The lowest BCUT2D eigenvalue weighted by Gasteiger charge is -2.34. The van der Waals surface area contributed by atoms with Crippen LogP contribution >= 0.6 is 0 Å². The van der Waals surface area contributed by atoms with Gasteiger partial charge in [-0.3, -0.25) is 4.79 Å². The van der Waals surface area contributed by atoms with E-state index in [9.17, 15) is 4.79 Å². The SMILES string of the molecule is CCCC(CC(=O)OC)(OOC(C)(C)C)OOC(C)(C)C. The van der Waals surface area contributed by atoms with Gasteiger partial charge in [0.15, 0.2) is 0 Å². The minimum absolute atomic E-state index is 0.122. The first-order valence-corrected chi connectivity index (χ1v) is 7.23. The highest BCUT2D eigenvalue weighted by atomic mass is 17.3. The Balaban J connectivity index is 5.07. The van der Waals surface area contributed by atoms with Crippen molar-refractivity contribution < 1.29 is 29.1 Å². The fourth-order valence-electron chi connectivity index (χ4n) is 1.32. The van der Waals surface area contributed by atoms with Gasteiger partial charge in [0.1, 0.15) is 6.42 Å². The van der Waals surface area contributed by atoms with Crippen molar-refractivity contribution in [3.8, 4) is 0 Å². The fraction of sp³-hybridized carbons (Fsp3) is 0.933. The van der Waals surface area contributed by atoms with Crippen molar-refractivity contribution in [1.82, 2.24) is 0 Å². The normalized spacial score (nSPS) is 13.3. The molecule has 6 nitrogen and oxygen atoms in total. The lowest BCUT2D eigenvalue weighted by Crippen LogP contribution is -2.43. The number of hydrogen-bond acceptors (Lipinski definition) is 6. The second-order valence-corrected chi connectivity index (χ2v) is 6.97. The van der Waals surface area contributed by atoms with Gasteiger partial charge in [-0.15, -0.1) is 0 Å². The van der Waals surface area contributed by atoms with E-state index in [-0.39, 0.29) is 6.42 Å². The van der Waals surface area contributed by atoms with Gasteiger partial charge in [-0.2, -0.15) is 9.78 Å². The predicted molar refractivity (Wildman–Crippen MR) is 78.1 cm³/mol. The van der Waals surface area contributed by atoms with E-state index in [0.29, 0.717) is 6.42 Å². The molecule has 0 radical (unpaired) electrons. The Morgan fingerprint density at radius 1 is 0.857 bits per heavy atom. The molecule has 0 bridgehead atoms. The van der Waals surface area contributed by atoms with Gasteiger partial charge < -0.3 is 4.74 Å². The molecule has 0 unspecified atom stereocenters. The van der Waals surface area contributed by atoms with Crippen LogP contribution in [0.15, 0.2) is 0 Å². The molecule has 0 rings (SSSR count). The van der Waals surface area contributed by atoms with Gasteiger partial charge in [-0.25, -0.2) is 9.78 Å². The summed E-state index contributed by atoms with van der Waals surface area (Å²) in [5.74, 6) is -1.79. The minimum atomic E-state index is -1.33. The van der Waals surface area contributed by atoms with Gasteiger partial charge in [-0.05, 0) is 41.5 Å². The van der Waals surface area contributed by atoms with Crippen LogP contribution in [0.5, 0.6) is 0 Å². The lowest BCUT2D eigenvalue weighted by molar-refractivity contribution is -0.541. The van der Waals surface area contributed by atoms with Crippen molar-refractivity contribution in [1.29, 1.82) is 0 Å². The second kappa shape index (κ2) is 8.08. The van der Waals surface area contributed by atoms with Crippen molar-refractivity contribution in [2.75, 3.05) is 7.11 Å². The highest BCUT2D eigenvalue weighted by Crippen LogP contribution is 2.29. The smallest absolute Gasteiger partial charge is 0.311 e. The van der Waals surface area contributed by atoms with Crippen LogP contribution < -0.4 is 0 Å². The summed E-state index contributed by atoms with van der Waals surface area (Å²) in [5.41, 5.74) is -1.08. The maximum atomic E-state index is 11.7. The van der Waals surface area contributed by atoms with Gasteiger partial charge in [0.05, 0.1) is 18.3 Å². The van der Waals surface area contributed by atoms with Crippen molar-refractivity contribution in [2.45, 2.75) is 84.7 Å². The summed E-state index contributed by atoms with van der Waals surface area (Å²) in [5, 5.41) is 0. The Morgan fingerprint density at radius 2 is 1.29 bits per heavy atom. The molecule has 126 valence electrons. The first-order valence-electron chi connectivity index (χ1n) is 7.23. The number of carbonyl (C=O) groups excluding carboxylic acids is 1. The molecule has 0 aromatic heterocycles. The van der Waals surface area contributed by atoms with Gasteiger partial charge in [0, 0.05) is 6.42 Å². The summed E-state index contributed by atoms with van der Waals surface area (Å²) in [4.78, 5) is 33.3. The number of esters is 1. The number of rotatable bonds is 8. The molecule has 0 heterocycles. The Hall–Kier alpha value is -0.690. The Labute approximate surface area is 127 Å². The van der Waals surface area contributed by atoms with Crippen LogP contribution in [0, 0.1) is 0 Å². The molecule has 0 aliphatic carbocycles. The Morgan fingerprint density at radius 3 is 1.57 bits per heavy atom. The zero-order chi connectivity index (χ0) is 16.7. The summed E-state index contributed by atoms with van der Waals surface area (Å²) in [6.45, 7) is 13.0. The van der Waals surface area contributed by atoms with Crippen molar-refractivity contribution in [3.05, 3.63) is 0 Å². The van der Waals surface area contributed by atoms with E-state index in [2.05, 4.69) is 0 Å². The molecule has 0 fully saturated rings. The molecular formula is C15H30O6. The third kappa shape index (κ3) is 9.79. The number of hydrogen-bond donors (Lipinski definition) is 0. The third-order valence-corrected chi connectivity index (χ3v) is 2.16. The van der Waals surface area contributed by atoms with Crippen LogP contribution in [0.25, 0.3) is 0 Å². The van der Waals surface area contributed by atoms with Crippen LogP contribution in [-0.4, -0.2) is 30.1 Å². The largest absolute Gasteiger partial charge is 0.469 e. The zero-order valence-electron chi connectivity index (χ0n) is 14.6. The topological polar surface area (TPSA) is 63.2 Å². The van der Waals surface area contributed by atoms with Gasteiger partial charge >= 0.3 is 5.97 Å². The summed E-state index contributed by atoms with van der Waals surface area (Å²) >= 11 is 0. The summed E-state index contributed by atoms with van der Waals surface area (Å²) in [7, 11) is 1.31. The van der Waals surface area contributed by atoms with E-state index in [0.717, 1.165) is 6.42 Å². The van der Waals surface area contributed by atoms with E-state index in [1.807, 2.05) is 48.5 Å². The molecule has 0 aliphatic heterocycles. The van der Waals surface area contributed by atoms with Crippen molar-refractivity contribution in [2.24, 2.45) is 0 Å². The monoisotopic (exact) mass is 306 g/mol. The quantitative estimate of drug-likeness (QED) is 0.296. The van der Waals surface area contributed by atoms with E-state index >= 15 is 0 Å². The molecule has 0 saturated carbocycles. The van der Waals surface area contributed by atoms with E-state index < -0.39 is 23.0 Å². The van der Waals surface area contributed by atoms with E-state index in [4.69, 9.17) is 24.3 Å². The van der Waals surface area contributed by atoms with Crippen molar-refractivity contribution >= 4 is 5.97 Å². The molecule has 0 saturated heterocycles. The highest BCUT2D eigenvalue weighted by molar-refractivity contribution is 5.70. The maximum Gasteiger partial charge on any atom is 0.311 e. The standard InChI is InChI=1S/C15H30O6/c1-9-10-15(11-12(16)17-8,20-18-13(2,3)4)21-19-14(5,6)7/h9-11H2,1-8H3. The first kappa shape index (κ1) is 20.3. The molecule has 0 aromatic rings. The summed E-state index contributed by atoms with van der Waals surface area (Å²) < 4.78 is 4.71. The fourth-order valence-corrected chi connectivity index (χ4v) is 1.32. The molecule has 0 N–H and O–H groups in total. The van der Waals surface area contributed by atoms with E-state index in [1.54, 1.807) is 0 Å².